The number of fused-ring (bicyclic) bond motifs is 1. The zero-order valence-corrected chi connectivity index (χ0v) is 12.9. The van der Waals surface area contributed by atoms with Gasteiger partial charge in [0.05, 0.1) is 5.52 Å². The molecule has 22 heavy (non-hydrogen) atoms. The van der Waals surface area contributed by atoms with E-state index < -0.39 is 0 Å². The number of hydrogen-bond acceptors (Lipinski definition) is 4. The molecule has 0 unspecified atom stereocenters. The average Bonchev–Trinajstić information content (AvgIpc) is 2.49. The third kappa shape index (κ3) is 4.72. The first-order valence-corrected chi connectivity index (χ1v) is 7.61. The third-order valence-corrected chi connectivity index (χ3v) is 3.33. The molecule has 2 N–H and O–H groups in total. The molecule has 0 saturated heterocycles. The van der Waals surface area contributed by atoms with Crippen molar-refractivity contribution in [2.24, 2.45) is 0 Å². The molecule has 0 spiro atoms. The molecule has 2 rings (SSSR count). The van der Waals surface area contributed by atoms with Crippen molar-refractivity contribution in [2.75, 3.05) is 23.7 Å². The maximum absolute atomic E-state index is 4.60. The summed E-state index contributed by atoms with van der Waals surface area (Å²) in [5, 5.41) is 7.69. The Morgan fingerprint density at radius 1 is 1.18 bits per heavy atom. The van der Waals surface area contributed by atoms with Crippen molar-refractivity contribution >= 4 is 22.7 Å². The highest BCUT2D eigenvalue weighted by atomic mass is 15.1. The summed E-state index contributed by atoms with van der Waals surface area (Å²) in [4.78, 5) is 9.14. The molecule has 0 aliphatic heterocycles. The van der Waals surface area contributed by atoms with Gasteiger partial charge in [0, 0.05) is 18.5 Å². The number of anilines is 2. The van der Waals surface area contributed by atoms with Gasteiger partial charge in [-0.05, 0) is 25.5 Å². The minimum atomic E-state index is 0. The number of unbranched alkanes of at least 4 members (excludes halogenated alkanes) is 2. The minimum Gasteiger partial charge on any atom is -0.369 e. The van der Waals surface area contributed by atoms with E-state index in [0.717, 1.165) is 29.7 Å². The van der Waals surface area contributed by atoms with Crippen molar-refractivity contribution in [3.8, 4) is 0 Å². The van der Waals surface area contributed by atoms with Crippen molar-refractivity contribution in [3.05, 3.63) is 36.4 Å². The van der Waals surface area contributed by atoms with E-state index in [1.807, 2.05) is 6.07 Å². The molecule has 0 radical (unpaired) electrons. The Hall–Kier alpha value is -2.10. The van der Waals surface area contributed by atoms with Gasteiger partial charge in [0.15, 0.2) is 0 Å². The fraction of sp³-hybridized carbons (Fsp3) is 0.444. The standard InChI is InChI=1S/C17H24N4.CH4/c1-4-6-7-11-18-16-14-12-13(3)8-9-15(14)20-17(21-16)19-10-5-2;/h5,8-9,12H,2,4,6-7,10-11H2,1,3H3,(H2,18,19,20,21);1H4. The SMILES string of the molecule is C.C=CCNc1nc(NCCCCC)c2cc(C)ccc2n1. The topological polar surface area (TPSA) is 49.8 Å². The van der Waals surface area contributed by atoms with E-state index >= 15 is 0 Å². The van der Waals surface area contributed by atoms with Crippen LogP contribution in [-0.2, 0) is 0 Å². The Balaban J connectivity index is 0.00000242. The molecular formula is C18H28N4. The Morgan fingerprint density at radius 3 is 2.73 bits per heavy atom. The number of nitrogens with one attached hydrogen (secondary N) is 2. The summed E-state index contributed by atoms with van der Waals surface area (Å²) in [5.74, 6) is 1.55. The molecule has 0 atom stereocenters. The van der Waals surface area contributed by atoms with Crippen LogP contribution in [0.2, 0.25) is 0 Å². The summed E-state index contributed by atoms with van der Waals surface area (Å²) < 4.78 is 0. The smallest absolute Gasteiger partial charge is 0.225 e. The van der Waals surface area contributed by atoms with Crippen LogP contribution in [-0.4, -0.2) is 23.1 Å². The molecule has 1 aromatic heterocycles. The molecule has 4 nitrogen and oxygen atoms in total. The van der Waals surface area contributed by atoms with E-state index in [9.17, 15) is 0 Å². The molecule has 4 heteroatoms. The molecule has 0 aliphatic carbocycles. The first-order chi connectivity index (χ1) is 10.2. The second-order valence-corrected chi connectivity index (χ2v) is 5.22. The lowest BCUT2D eigenvalue weighted by molar-refractivity contribution is 0.742. The summed E-state index contributed by atoms with van der Waals surface area (Å²) in [7, 11) is 0. The number of rotatable bonds is 8. The molecule has 2 aromatic rings. The van der Waals surface area contributed by atoms with Crippen LogP contribution in [0.4, 0.5) is 11.8 Å². The lowest BCUT2D eigenvalue weighted by Gasteiger charge is -2.11. The molecule has 1 aromatic carbocycles. The van der Waals surface area contributed by atoms with E-state index in [2.05, 4.69) is 53.2 Å². The molecule has 0 aliphatic rings. The molecule has 1 heterocycles. The predicted molar refractivity (Wildman–Crippen MR) is 97.7 cm³/mol. The lowest BCUT2D eigenvalue weighted by Crippen LogP contribution is -2.08. The van der Waals surface area contributed by atoms with Crippen LogP contribution in [0.1, 0.15) is 39.2 Å². The van der Waals surface area contributed by atoms with Crippen molar-refractivity contribution in [2.45, 2.75) is 40.5 Å². The number of nitrogens with zero attached hydrogens (tertiary/aromatic N) is 2. The highest BCUT2D eigenvalue weighted by Crippen LogP contribution is 2.23. The molecule has 120 valence electrons. The highest BCUT2D eigenvalue weighted by molar-refractivity contribution is 5.90. The summed E-state index contributed by atoms with van der Waals surface area (Å²) in [5.41, 5.74) is 2.18. The molecule has 0 bridgehead atoms. The molecular weight excluding hydrogens is 272 g/mol. The van der Waals surface area contributed by atoms with Gasteiger partial charge in [-0.1, -0.05) is 44.9 Å². The lowest BCUT2D eigenvalue weighted by atomic mass is 10.1. The van der Waals surface area contributed by atoms with Crippen molar-refractivity contribution in [3.63, 3.8) is 0 Å². The number of aryl methyl sites for hydroxylation is 1. The van der Waals surface area contributed by atoms with Gasteiger partial charge < -0.3 is 10.6 Å². The van der Waals surface area contributed by atoms with Crippen molar-refractivity contribution in [1.29, 1.82) is 0 Å². The van der Waals surface area contributed by atoms with E-state index in [0.29, 0.717) is 12.5 Å². The van der Waals surface area contributed by atoms with Crippen LogP contribution >= 0.6 is 0 Å². The Bertz CT molecular complexity index is 607. The van der Waals surface area contributed by atoms with Gasteiger partial charge >= 0.3 is 0 Å². The first-order valence-electron chi connectivity index (χ1n) is 7.61. The van der Waals surface area contributed by atoms with Crippen LogP contribution in [0.3, 0.4) is 0 Å². The van der Waals surface area contributed by atoms with Crippen LogP contribution in [0, 0.1) is 6.92 Å². The van der Waals surface area contributed by atoms with Gasteiger partial charge in [0.25, 0.3) is 0 Å². The summed E-state index contributed by atoms with van der Waals surface area (Å²) >= 11 is 0. The van der Waals surface area contributed by atoms with E-state index in [1.165, 1.54) is 18.4 Å². The largest absolute Gasteiger partial charge is 0.369 e. The quantitative estimate of drug-likeness (QED) is 0.544. The highest BCUT2D eigenvalue weighted by Gasteiger charge is 2.07. The summed E-state index contributed by atoms with van der Waals surface area (Å²) in [6.07, 6.45) is 5.41. The third-order valence-electron chi connectivity index (χ3n) is 3.33. The van der Waals surface area contributed by atoms with Crippen molar-refractivity contribution in [1.82, 2.24) is 9.97 Å². The van der Waals surface area contributed by atoms with Gasteiger partial charge in [-0.2, -0.15) is 4.98 Å². The van der Waals surface area contributed by atoms with Gasteiger partial charge in [0.2, 0.25) is 5.95 Å². The van der Waals surface area contributed by atoms with Crippen LogP contribution in [0.5, 0.6) is 0 Å². The van der Waals surface area contributed by atoms with Gasteiger partial charge in [-0.15, -0.1) is 6.58 Å². The minimum absolute atomic E-state index is 0. The zero-order valence-electron chi connectivity index (χ0n) is 12.9. The maximum Gasteiger partial charge on any atom is 0.225 e. The molecule has 0 amide bonds. The number of benzene rings is 1. The van der Waals surface area contributed by atoms with Gasteiger partial charge in [-0.3, -0.25) is 0 Å². The summed E-state index contributed by atoms with van der Waals surface area (Å²) in [6.45, 7) is 9.60. The van der Waals surface area contributed by atoms with Crippen LogP contribution in [0.15, 0.2) is 30.9 Å². The van der Waals surface area contributed by atoms with Gasteiger partial charge in [0.1, 0.15) is 5.82 Å². The number of aromatic nitrogens is 2. The Morgan fingerprint density at radius 2 is 2.00 bits per heavy atom. The van der Waals surface area contributed by atoms with E-state index in [-0.39, 0.29) is 7.43 Å². The zero-order chi connectivity index (χ0) is 15.1. The van der Waals surface area contributed by atoms with E-state index in [1.54, 1.807) is 6.08 Å². The maximum atomic E-state index is 4.60. The number of hydrogen-bond donors (Lipinski definition) is 2. The fourth-order valence-electron chi connectivity index (χ4n) is 2.20. The van der Waals surface area contributed by atoms with Crippen LogP contribution in [0.25, 0.3) is 10.9 Å². The van der Waals surface area contributed by atoms with Crippen molar-refractivity contribution < 1.29 is 0 Å². The first kappa shape index (κ1) is 18.0. The molecule has 0 fully saturated rings. The Labute approximate surface area is 134 Å². The monoisotopic (exact) mass is 300 g/mol. The van der Waals surface area contributed by atoms with E-state index in [4.69, 9.17) is 0 Å². The summed E-state index contributed by atoms with van der Waals surface area (Å²) in [6, 6.07) is 6.25. The van der Waals surface area contributed by atoms with Crippen LogP contribution < -0.4 is 10.6 Å². The Kier molecular flexibility index (Phi) is 7.37. The average molecular weight is 300 g/mol. The second-order valence-electron chi connectivity index (χ2n) is 5.22. The second kappa shape index (κ2) is 9.03. The normalized spacial score (nSPS) is 10.1. The van der Waals surface area contributed by atoms with Gasteiger partial charge in [-0.25, -0.2) is 4.98 Å². The molecule has 0 saturated carbocycles. The predicted octanol–water partition coefficient (Wildman–Crippen LogP) is 4.77. The fourth-order valence-corrected chi connectivity index (χ4v) is 2.20.